The SMILES string of the molecule is O=C(O)c1ccccc1[N+](=O)[O-].OCC(Cl)=C(Cl)Cl. The number of hydrogen-bond acceptors (Lipinski definition) is 4. The fraction of sp³-hybridized carbons (Fsp3) is 0.100. The van der Waals surface area contributed by atoms with E-state index in [-0.39, 0.29) is 27.4 Å². The zero-order valence-electron chi connectivity index (χ0n) is 9.22. The summed E-state index contributed by atoms with van der Waals surface area (Å²) in [6.07, 6.45) is 0. The molecule has 0 radical (unpaired) electrons. The predicted molar refractivity (Wildman–Crippen MR) is 71.7 cm³/mol. The van der Waals surface area contributed by atoms with Crippen molar-refractivity contribution >= 4 is 46.5 Å². The zero-order chi connectivity index (χ0) is 15.0. The first-order valence-corrected chi connectivity index (χ1v) is 5.71. The maximum atomic E-state index is 10.4. The Morgan fingerprint density at radius 2 is 1.79 bits per heavy atom. The lowest BCUT2D eigenvalue weighted by molar-refractivity contribution is -0.385. The van der Waals surface area contributed by atoms with Crippen LogP contribution in [0.15, 0.2) is 33.8 Å². The first-order chi connectivity index (χ1) is 8.81. The normalized spacial score (nSPS) is 9.05. The Morgan fingerprint density at radius 3 is 2.05 bits per heavy atom. The molecule has 104 valence electrons. The van der Waals surface area contributed by atoms with Crippen LogP contribution in [0.5, 0.6) is 0 Å². The fourth-order valence-corrected chi connectivity index (χ4v) is 0.993. The van der Waals surface area contributed by atoms with Gasteiger partial charge in [-0.3, -0.25) is 10.1 Å². The smallest absolute Gasteiger partial charge is 0.342 e. The predicted octanol–water partition coefficient (Wildman–Crippen LogP) is 3.16. The molecule has 0 fully saturated rings. The molecule has 0 saturated carbocycles. The summed E-state index contributed by atoms with van der Waals surface area (Å²) in [4.78, 5) is 20.0. The fourth-order valence-electron chi connectivity index (χ4n) is 0.873. The van der Waals surface area contributed by atoms with Gasteiger partial charge >= 0.3 is 5.97 Å². The van der Waals surface area contributed by atoms with Gasteiger partial charge in [-0.25, -0.2) is 4.79 Å². The topological polar surface area (TPSA) is 101 Å². The van der Waals surface area contributed by atoms with Gasteiger partial charge in [0.2, 0.25) is 0 Å². The van der Waals surface area contributed by atoms with Crippen LogP contribution >= 0.6 is 34.8 Å². The molecule has 1 aromatic carbocycles. The van der Waals surface area contributed by atoms with Gasteiger partial charge in [0.25, 0.3) is 5.69 Å². The molecule has 0 aliphatic carbocycles. The van der Waals surface area contributed by atoms with E-state index < -0.39 is 10.9 Å². The van der Waals surface area contributed by atoms with E-state index in [9.17, 15) is 14.9 Å². The van der Waals surface area contributed by atoms with Crippen molar-refractivity contribution in [1.29, 1.82) is 0 Å². The van der Waals surface area contributed by atoms with Crippen molar-refractivity contribution in [2.24, 2.45) is 0 Å². The number of halogens is 3. The number of benzene rings is 1. The van der Waals surface area contributed by atoms with Crippen LogP contribution in [-0.2, 0) is 0 Å². The highest BCUT2D eigenvalue weighted by molar-refractivity contribution is 6.59. The summed E-state index contributed by atoms with van der Waals surface area (Å²) in [6, 6.07) is 5.21. The van der Waals surface area contributed by atoms with Crippen molar-refractivity contribution in [1.82, 2.24) is 0 Å². The number of aromatic carboxylic acids is 1. The molecule has 0 bridgehead atoms. The number of aliphatic hydroxyl groups is 1. The van der Waals surface area contributed by atoms with Gasteiger partial charge in [-0.15, -0.1) is 0 Å². The number of nitrogens with zero attached hydrogens (tertiary/aromatic N) is 1. The lowest BCUT2D eigenvalue weighted by Crippen LogP contribution is -2.01. The molecule has 0 heterocycles. The van der Waals surface area contributed by atoms with Crippen LogP contribution in [0.25, 0.3) is 0 Å². The average Bonchev–Trinajstić information content (AvgIpc) is 2.38. The maximum absolute atomic E-state index is 10.4. The number of carboxylic acids is 1. The van der Waals surface area contributed by atoms with Crippen LogP contribution in [0.4, 0.5) is 5.69 Å². The van der Waals surface area contributed by atoms with E-state index in [0.29, 0.717) is 0 Å². The largest absolute Gasteiger partial charge is 0.477 e. The minimum absolute atomic E-state index is 0.0725. The van der Waals surface area contributed by atoms with E-state index in [1.807, 2.05) is 0 Å². The molecule has 9 heteroatoms. The minimum Gasteiger partial charge on any atom is -0.477 e. The van der Waals surface area contributed by atoms with Crippen molar-refractivity contribution in [3.05, 3.63) is 49.5 Å². The van der Waals surface area contributed by atoms with Crippen LogP contribution in [-0.4, -0.2) is 27.7 Å². The lowest BCUT2D eigenvalue weighted by atomic mass is 10.2. The van der Waals surface area contributed by atoms with Crippen molar-refractivity contribution in [2.75, 3.05) is 6.61 Å². The summed E-state index contributed by atoms with van der Waals surface area (Å²) in [5, 5.41) is 27.0. The number of carboxylic acid groups (broad SMARTS) is 1. The molecular formula is C10H8Cl3NO5. The molecule has 0 aliphatic rings. The van der Waals surface area contributed by atoms with Gasteiger partial charge in [0, 0.05) is 6.07 Å². The van der Waals surface area contributed by atoms with E-state index in [1.54, 1.807) is 0 Å². The highest BCUT2D eigenvalue weighted by Gasteiger charge is 2.17. The summed E-state index contributed by atoms with van der Waals surface area (Å²) >= 11 is 15.3. The quantitative estimate of drug-likeness (QED) is 0.655. The Morgan fingerprint density at radius 1 is 1.26 bits per heavy atom. The Labute approximate surface area is 123 Å². The molecule has 0 atom stereocenters. The summed E-state index contributed by atoms with van der Waals surface area (Å²) < 4.78 is -0.0795. The van der Waals surface area contributed by atoms with E-state index >= 15 is 0 Å². The molecule has 0 aliphatic heterocycles. The second-order valence-electron chi connectivity index (χ2n) is 2.90. The maximum Gasteiger partial charge on any atom is 0.342 e. The number of nitro groups is 1. The summed E-state index contributed by atoms with van der Waals surface area (Å²) in [5.41, 5.74) is -0.674. The third-order valence-electron chi connectivity index (χ3n) is 1.68. The number of rotatable bonds is 3. The molecule has 0 amide bonds. The van der Waals surface area contributed by atoms with Gasteiger partial charge in [0.1, 0.15) is 10.1 Å². The number of para-hydroxylation sites is 1. The Balaban J connectivity index is 0.000000399. The Bertz CT molecular complexity index is 467. The van der Waals surface area contributed by atoms with Gasteiger partial charge in [-0.2, -0.15) is 0 Å². The molecule has 2 N–H and O–H groups in total. The third kappa shape index (κ3) is 6.40. The van der Waals surface area contributed by atoms with Crippen LogP contribution in [0, 0.1) is 10.1 Å². The van der Waals surface area contributed by atoms with Crippen LogP contribution in [0.1, 0.15) is 10.4 Å². The first kappa shape index (κ1) is 17.7. The van der Waals surface area contributed by atoms with Gasteiger partial charge in [-0.1, -0.05) is 46.9 Å². The second-order valence-corrected chi connectivity index (χ2v) is 4.31. The van der Waals surface area contributed by atoms with E-state index in [4.69, 9.17) is 45.0 Å². The van der Waals surface area contributed by atoms with Crippen LogP contribution in [0.2, 0.25) is 0 Å². The van der Waals surface area contributed by atoms with Crippen molar-refractivity contribution in [3.8, 4) is 0 Å². The van der Waals surface area contributed by atoms with Gasteiger partial charge < -0.3 is 10.2 Å². The molecule has 1 aromatic rings. The zero-order valence-corrected chi connectivity index (χ0v) is 11.5. The van der Waals surface area contributed by atoms with Gasteiger partial charge in [0.15, 0.2) is 0 Å². The standard InChI is InChI=1S/C7H5NO4.C3H3Cl3O/c9-7(10)5-3-1-2-4-6(5)8(11)12;4-2(1-7)3(5)6/h1-4H,(H,9,10);7H,1H2. The Hall–Kier alpha value is -1.34. The van der Waals surface area contributed by atoms with Crippen molar-refractivity contribution in [2.45, 2.75) is 0 Å². The number of nitro benzene ring substituents is 1. The second kappa shape index (κ2) is 8.71. The van der Waals surface area contributed by atoms with E-state index in [1.165, 1.54) is 18.2 Å². The van der Waals surface area contributed by atoms with E-state index in [2.05, 4.69) is 0 Å². The molecule has 6 nitrogen and oxygen atoms in total. The molecule has 0 spiro atoms. The average molecular weight is 329 g/mol. The first-order valence-electron chi connectivity index (χ1n) is 4.58. The number of aliphatic hydroxyl groups excluding tert-OH is 1. The monoisotopic (exact) mass is 327 g/mol. The van der Waals surface area contributed by atoms with Gasteiger partial charge in [-0.05, 0) is 6.07 Å². The molecular weight excluding hydrogens is 320 g/mol. The summed E-state index contributed by atoms with van der Waals surface area (Å²) in [5.74, 6) is -1.29. The summed E-state index contributed by atoms with van der Waals surface area (Å²) in [6.45, 7) is -0.302. The minimum atomic E-state index is -1.29. The Kier molecular flexibility index (Phi) is 8.09. The van der Waals surface area contributed by atoms with E-state index in [0.717, 1.165) is 6.07 Å². The van der Waals surface area contributed by atoms with Gasteiger partial charge in [0.05, 0.1) is 16.6 Å². The molecule has 19 heavy (non-hydrogen) atoms. The molecule has 0 saturated heterocycles. The molecule has 1 rings (SSSR count). The van der Waals surface area contributed by atoms with Crippen molar-refractivity contribution in [3.63, 3.8) is 0 Å². The lowest BCUT2D eigenvalue weighted by Gasteiger charge is -1.94. The summed E-state index contributed by atoms with van der Waals surface area (Å²) in [7, 11) is 0. The van der Waals surface area contributed by atoms with Crippen molar-refractivity contribution < 1.29 is 19.9 Å². The highest BCUT2D eigenvalue weighted by Crippen LogP contribution is 2.17. The molecule has 0 aromatic heterocycles. The number of hydrogen-bond donors (Lipinski definition) is 2. The number of carbonyl (C=O) groups is 1. The third-order valence-corrected chi connectivity index (χ3v) is 2.63. The highest BCUT2D eigenvalue weighted by atomic mass is 35.5. The van der Waals surface area contributed by atoms with Crippen LogP contribution < -0.4 is 0 Å². The molecule has 0 unspecified atom stereocenters. The van der Waals surface area contributed by atoms with Crippen LogP contribution in [0.3, 0.4) is 0 Å².